The van der Waals surface area contributed by atoms with Crippen molar-refractivity contribution in [2.24, 2.45) is 10.7 Å². The third-order valence-corrected chi connectivity index (χ3v) is 2.26. The molecule has 0 aliphatic carbocycles. The molecule has 0 saturated heterocycles. The van der Waals surface area contributed by atoms with Gasteiger partial charge in [0.1, 0.15) is 12.9 Å². The maximum absolute atomic E-state index is 5.70. The molecule has 6 heteroatoms. The van der Waals surface area contributed by atoms with Crippen molar-refractivity contribution in [1.82, 2.24) is 20.1 Å². The van der Waals surface area contributed by atoms with Crippen LogP contribution in [-0.2, 0) is 13.1 Å². The molecule has 6 nitrogen and oxygen atoms in total. The minimum Gasteiger partial charge on any atom is -0.370 e. The first-order chi connectivity index (χ1) is 7.77. The molecule has 0 amide bonds. The van der Waals surface area contributed by atoms with E-state index < -0.39 is 0 Å². The number of nitrogens with two attached hydrogens (primary N) is 1. The minimum atomic E-state index is 0.471. The van der Waals surface area contributed by atoms with Gasteiger partial charge < -0.3 is 15.6 Å². The van der Waals surface area contributed by atoms with Crippen molar-refractivity contribution in [3.8, 4) is 0 Å². The Bertz CT molecular complexity index is 330. The van der Waals surface area contributed by atoms with E-state index in [1.807, 2.05) is 11.5 Å². The number of rotatable bonds is 6. The molecule has 3 N–H and O–H groups in total. The number of hydrogen-bond acceptors (Lipinski definition) is 3. The molecule has 0 fully saturated rings. The Morgan fingerprint density at radius 3 is 3.06 bits per heavy atom. The number of nitrogens with one attached hydrogen (secondary N) is 1. The molecule has 0 aliphatic heterocycles. The Hall–Kier alpha value is -1.59. The van der Waals surface area contributed by atoms with Crippen LogP contribution in [0.25, 0.3) is 0 Å². The van der Waals surface area contributed by atoms with Gasteiger partial charge in [-0.1, -0.05) is 13.3 Å². The Balaban J connectivity index is 2.39. The van der Waals surface area contributed by atoms with Crippen LogP contribution < -0.4 is 11.1 Å². The molecule has 0 aliphatic rings. The van der Waals surface area contributed by atoms with E-state index in [9.17, 15) is 0 Å². The van der Waals surface area contributed by atoms with E-state index in [4.69, 9.17) is 5.73 Å². The summed E-state index contributed by atoms with van der Waals surface area (Å²) in [6.07, 6.45) is 3.94. The lowest BCUT2D eigenvalue weighted by Crippen LogP contribution is -2.32. The van der Waals surface area contributed by atoms with Crippen LogP contribution in [0, 0.1) is 0 Å². The number of hydrogen-bond donors (Lipinski definition) is 2. The molecular formula is C10H20N6. The molecule has 1 aromatic heterocycles. The van der Waals surface area contributed by atoms with Crippen LogP contribution in [0.15, 0.2) is 11.3 Å². The number of aryl methyl sites for hydroxylation is 1. The van der Waals surface area contributed by atoms with E-state index in [1.54, 1.807) is 6.33 Å². The fraction of sp³-hybridized carbons (Fsp3) is 0.700. The van der Waals surface area contributed by atoms with Gasteiger partial charge in [-0.2, -0.15) is 0 Å². The highest BCUT2D eigenvalue weighted by atomic mass is 15.3. The Kier molecular flexibility index (Phi) is 5.31. The van der Waals surface area contributed by atoms with Gasteiger partial charge in [0.05, 0.1) is 0 Å². The predicted molar refractivity (Wildman–Crippen MR) is 63.9 cm³/mol. The van der Waals surface area contributed by atoms with E-state index in [-0.39, 0.29) is 0 Å². The highest BCUT2D eigenvalue weighted by Gasteiger charge is 2.00. The van der Waals surface area contributed by atoms with Crippen LogP contribution >= 0.6 is 0 Å². The third kappa shape index (κ3) is 3.88. The SMILES string of the molecule is CCCCNC(N)=NCc1nncn1CC. The molecule has 90 valence electrons. The topological polar surface area (TPSA) is 81.1 Å². The average molecular weight is 224 g/mol. The number of nitrogens with zero attached hydrogens (tertiary/aromatic N) is 4. The predicted octanol–water partition coefficient (Wildman–Crippen LogP) is 0.502. The fourth-order valence-electron chi connectivity index (χ4n) is 1.27. The van der Waals surface area contributed by atoms with Crippen molar-refractivity contribution in [1.29, 1.82) is 0 Å². The van der Waals surface area contributed by atoms with E-state index >= 15 is 0 Å². The zero-order valence-electron chi connectivity index (χ0n) is 9.98. The molecule has 0 radical (unpaired) electrons. The van der Waals surface area contributed by atoms with Gasteiger partial charge in [-0.05, 0) is 13.3 Å². The highest BCUT2D eigenvalue weighted by molar-refractivity contribution is 5.77. The van der Waals surface area contributed by atoms with Gasteiger partial charge in [0.15, 0.2) is 11.8 Å². The molecule has 1 heterocycles. The monoisotopic (exact) mass is 224 g/mol. The summed E-state index contributed by atoms with van der Waals surface area (Å²) >= 11 is 0. The van der Waals surface area contributed by atoms with E-state index in [2.05, 4.69) is 27.4 Å². The normalized spacial score (nSPS) is 11.8. The molecule has 0 aromatic carbocycles. The summed E-state index contributed by atoms with van der Waals surface area (Å²) in [5.41, 5.74) is 5.70. The molecular weight excluding hydrogens is 204 g/mol. The Labute approximate surface area is 96.0 Å². The van der Waals surface area contributed by atoms with Crippen LogP contribution in [-0.4, -0.2) is 27.3 Å². The molecule has 16 heavy (non-hydrogen) atoms. The standard InChI is InChI=1S/C10H20N6/c1-3-5-6-12-10(11)13-7-9-15-14-8-16(9)4-2/h8H,3-7H2,1-2H3,(H3,11,12,13). The van der Waals surface area contributed by atoms with Gasteiger partial charge in [0.2, 0.25) is 0 Å². The van der Waals surface area contributed by atoms with Crippen LogP contribution in [0.3, 0.4) is 0 Å². The summed E-state index contributed by atoms with van der Waals surface area (Å²) in [7, 11) is 0. The molecule has 0 saturated carbocycles. The van der Waals surface area contributed by atoms with Gasteiger partial charge in [-0.25, -0.2) is 4.99 Å². The molecule has 1 rings (SSSR count). The lowest BCUT2D eigenvalue weighted by atomic mass is 10.3. The quantitative estimate of drug-likeness (QED) is 0.419. The van der Waals surface area contributed by atoms with Gasteiger partial charge >= 0.3 is 0 Å². The van der Waals surface area contributed by atoms with E-state index in [0.717, 1.165) is 31.8 Å². The summed E-state index contributed by atoms with van der Waals surface area (Å²) in [6.45, 7) is 6.37. The van der Waals surface area contributed by atoms with Crippen LogP contribution in [0.5, 0.6) is 0 Å². The zero-order chi connectivity index (χ0) is 11.8. The van der Waals surface area contributed by atoms with Gasteiger partial charge in [-0.15, -0.1) is 10.2 Å². The minimum absolute atomic E-state index is 0.471. The number of aromatic nitrogens is 3. The van der Waals surface area contributed by atoms with Crippen molar-refractivity contribution >= 4 is 5.96 Å². The third-order valence-electron chi connectivity index (χ3n) is 2.26. The van der Waals surface area contributed by atoms with Gasteiger partial charge in [0, 0.05) is 13.1 Å². The summed E-state index contributed by atoms with van der Waals surface area (Å²) in [6, 6.07) is 0. The van der Waals surface area contributed by atoms with Crippen LogP contribution in [0.4, 0.5) is 0 Å². The average Bonchev–Trinajstić information content (AvgIpc) is 2.74. The molecule has 0 atom stereocenters. The zero-order valence-corrected chi connectivity index (χ0v) is 9.98. The first kappa shape index (κ1) is 12.5. The molecule has 1 aromatic rings. The second-order valence-electron chi connectivity index (χ2n) is 3.51. The van der Waals surface area contributed by atoms with Crippen molar-refractivity contribution in [3.05, 3.63) is 12.2 Å². The van der Waals surface area contributed by atoms with Crippen LogP contribution in [0.2, 0.25) is 0 Å². The van der Waals surface area contributed by atoms with E-state index in [0.29, 0.717) is 12.5 Å². The molecule has 0 bridgehead atoms. The van der Waals surface area contributed by atoms with Crippen molar-refractivity contribution < 1.29 is 0 Å². The first-order valence-electron chi connectivity index (χ1n) is 5.68. The summed E-state index contributed by atoms with van der Waals surface area (Å²) in [5, 5.41) is 10.9. The van der Waals surface area contributed by atoms with Gasteiger partial charge in [0.25, 0.3) is 0 Å². The number of unbranched alkanes of at least 4 members (excludes halogenated alkanes) is 1. The summed E-state index contributed by atoms with van der Waals surface area (Å²) < 4.78 is 1.95. The largest absolute Gasteiger partial charge is 0.370 e. The van der Waals surface area contributed by atoms with E-state index in [1.165, 1.54) is 0 Å². The lowest BCUT2D eigenvalue weighted by Gasteiger charge is -2.04. The first-order valence-corrected chi connectivity index (χ1v) is 5.68. The van der Waals surface area contributed by atoms with Crippen molar-refractivity contribution in [2.75, 3.05) is 6.54 Å². The maximum Gasteiger partial charge on any atom is 0.189 e. The second kappa shape index (κ2) is 6.81. The molecule has 0 unspecified atom stereocenters. The lowest BCUT2D eigenvalue weighted by molar-refractivity contribution is 0.694. The van der Waals surface area contributed by atoms with Crippen molar-refractivity contribution in [3.63, 3.8) is 0 Å². The Morgan fingerprint density at radius 2 is 2.38 bits per heavy atom. The fourth-order valence-corrected chi connectivity index (χ4v) is 1.27. The highest BCUT2D eigenvalue weighted by Crippen LogP contribution is 1.96. The summed E-state index contributed by atoms with van der Waals surface area (Å²) in [4.78, 5) is 4.21. The second-order valence-corrected chi connectivity index (χ2v) is 3.51. The van der Waals surface area contributed by atoms with Gasteiger partial charge in [-0.3, -0.25) is 0 Å². The maximum atomic E-state index is 5.70. The smallest absolute Gasteiger partial charge is 0.189 e. The Morgan fingerprint density at radius 1 is 1.56 bits per heavy atom. The molecule has 0 spiro atoms. The summed E-state index contributed by atoms with van der Waals surface area (Å²) in [5.74, 6) is 1.31. The number of aliphatic imine (C=N–C) groups is 1. The number of guanidine groups is 1. The van der Waals surface area contributed by atoms with Crippen molar-refractivity contribution in [2.45, 2.75) is 39.8 Å². The van der Waals surface area contributed by atoms with Crippen LogP contribution in [0.1, 0.15) is 32.5 Å².